The summed E-state index contributed by atoms with van der Waals surface area (Å²) >= 11 is 1.67. The Balaban J connectivity index is 1.43. The molecule has 0 spiro atoms. The van der Waals surface area contributed by atoms with E-state index in [-0.39, 0.29) is 6.79 Å². The van der Waals surface area contributed by atoms with E-state index in [4.69, 9.17) is 14.2 Å². The van der Waals surface area contributed by atoms with Crippen molar-refractivity contribution in [3.63, 3.8) is 0 Å². The van der Waals surface area contributed by atoms with Gasteiger partial charge in [0.2, 0.25) is 6.79 Å². The first-order valence-corrected chi connectivity index (χ1v) is 10.2. The molecule has 6 nitrogen and oxygen atoms in total. The van der Waals surface area contributed by atoms with Crippen molar-refractivity contribution in [1.29, 1.82) is 0 Å². The first-order valence-electron chi connectivity index (χ1n) is 9.31. The molecule has 0 radical (unpaired) electrons. The second kappa shape index (κ2) is 7.31. The molecule has 28 heavy (non-hydrogen) atoms. The molecular formula is C21H21N3O3S. The number of para-hydroxylation sites is 1. The highest BCUT2D eigenvalue weighted by molar-refractivity contribution is 8.16. The number of nitrogens with zero attached hydrogens (tertiary/aromatic N) is 3. The molecule has 3 heterocycles. The fourth-order valence-corrected chi connectivity index (χ4v) is 4.47. The summed E-state index contributed by atoms with van der Waals surface area (Å²) in [6, 6.07) is 13.7. The van der Waals surface area contributed by atoms with Gasteiger partial charge in [0.05, 0.1) is 24.5 Å². The van der Waals surface area contributed by atoms with E-state index in [1.54, 1.807) is 11.8 Å². The van der Waals surface area contributed by atoms with Crippen LogP contribution in [0.25, 0.3) is 5.70 Å². The Kier molecular flexibility index (Phi) is 4.52. The van der Waals surface area contributed by atoms with E-state index in [0.29, 0.717) is 6.61 Å². The number of likely N-dealkylation sites (N-methyl/N-ethyl adjacent to an activating group) is 1. The number of ether oxygens (including phenoxy) is 3. The largest absolute Gasteiger partial charge is 0.489 e. The van der Waals surface area contributed by atoms with Gasteiger partial charge in [-0.1, -0.05) is 30.0 Å². The van der Waals surface area contributed by atoms with Crippen molar-refractivity contribution < 1.29 is 14.2 Å². The molecule has 0 saturated carbocycles. The lowest BCUT2D eigenvalue weighted by Gasteiger charge is -2.31. The van der Waals surface area contributed by atoms with Crippen molar-refractivity contribution >= 4 is 28.3 Å². The Bertz CT molecular complexity index is 945. The van der Waals surface area contributed by atoms with Gasteiger partial charge in [0.25, 0.3) is 0 Å². The lowest BCUT2D eigenvalue weighted by Crippen LogP contribution is -2.30. The predicted octanol–water partition coefficient (Wildman–Crippen LogP) is 3.65. The van der Waals surface area contributed by atoms with Gasteiger partial charge in [0.1, 0.15) is 18.1 Å². The smallest absolute Gasteiger partial charge is 0.230 e. The highest BCUT2D eigenvalue weighted by atomic mass is 32.2. The summed E-state index contributed by atoms with van der Waals surface area (Å²) in [5.74, 6) is 2.46. The van der Waals surface area contributed by atoms with Crippen LogP contribution in [-0.4, -0.2) is 50.1 Å². The Morgan fingerprint density at radius 3 is 2.86 bits per heavy atom. The predicted molar refractivity (Wildman–Crippen MR) is 112 cm³/mol. The van der Waals surface area contributed by atoms with Crippen molar-refractivity contribution in [2.75, 3.05) is 45.0 Å². The van der Waals surface area contributed by atoms with Gasteiger partial charge in [-0.25, -0.2) is 0 Å². The molecule has 0 N–H and O–H groups in total. The van der Waals surface area contributed by atoms with Crippen molar-refractivity contribution in [2.45, 2.75) is 0 Å². The first kappa shape index (κ1) is 17.3. The third-order valence-electron chi connectivity index (χ3n) is 4.97. The summed E-state index contributed by atoms with van der Waals surface area (Å²) in [6.07, 6.45) is 0. The molecule has 0 fully saturated rings. The highest BCUT2D eigenvalue weighted by Crippen LogP contribution is 2.45. The summed E-state index contributed by atoms with van der Waals surface area (Å²) in [6.45, 7) is 3.41. The van der Waals surface area contributed by atoms with Crippen molar-refractivity contribution in [1.82, 2.24) is 4.90 Å². The molecule has 7 heteroatoms. The molecule has 0 unspecified atom stereocenters. The molecule has 5 rings (SSSR count). The molecule has 0 bridgehead atoms. The first-order chi connectivity index (χ1) is 13.8. The van der Waals surface area contributed by atoms with Gasteiger partial charge in [0, 0.05) is 30.6 Å². The minimum Gasteiger partial charge on any atom is -0.489 e. The fourth-order valence-electron chi connectivity index (χ4n) is 3.52. The van der Waals surface area contributed by atoms with Crippen LogP contribution in [0.5, 0.6) is 17.2 Å². The molecule has 0 aliphatic carbocycles. The van der Waals surface area contributed by atoms with E-state index < -0.39 is 0 Å². The van der Waals surface area contributed by atoms with Crippen LogP contribution >= 0.6 is 11.8 Å². The number of hydrogen-bond donors (Lipinski definition) is 0. The third kappa shape index (κ3) is 3.16. The van der Waals surface area contributed by atoms with E-state index in [0.717, 1.165) is 59.0 Å². The number of rotatable bonds is 5. The zero-order valence-electron chi connectivity index (χ0n) is 15.6. The second-order valence-corrected chi connectivity index (χ2v) is 7.58. The van der Waals surface area contributed by atoms with Crippen molar-refractivity contribution in [3.05, 3.63) is 53.4 Å². The zero-order chi connectivity index (χ0) is 18.9. The van der Waals surface area contributed by atoms with Crippen LogP contribution in [0, 0.1) is 0 Å². The minimum absolute atomic E-state index is 0.150. The number of benzene rings is 2. The Morgan fingerprint density at radius 1 is 1.11 bits per heavy atom. The van der Waals surface area contributed by atoms with E-state index in [2.05, 4.69) is 27.2 Å². The van der Waals surface area contributed by atoms with Crippen LogP contribution in [0.2, 0.25) is 0 Å². The van der Waals surface area contributed by atoms with Crippen LogP contribution in [0.3, 0.4) is 0 Å². The maximum atomic E-state index is 6.07. The standard InChI is InChI=1S/C21H21N3O3S/c1-23-9-10-25-20-17(19-13-28-21-22-7-8-24(19)21)11-16(12-18(20)23)27-14-26-15-5-3-2-4-6-15/h2-6,11-13H,7-10,14H2,1H3. The topological polar surface area (TPSA) is 46.5 Å². The third-order valence-corrected chi connectivity index (χ3v) is 5.87. The lowest BCUT2D eigenvalue weighted by atomic mass is 10.1. The van der Waals surface area contributed by atoms with Gasteiger partial charge in [-0.15, -0.1) is 0 Å². The van der Waals surface area contributed by atoms with Crippen LogP contribution in [0.15, 0.2) is 52.9 Å². The highest BCUT2D eigenvalue weighted by Gasteiger charge is 2.31. The monoisotopic (exact) mass is 395 g/mol. The lowest BCUT2D eigenvalue weighted by molar-refractivity contribution is 0.119. The van der Waals surface area contributed by atoms with Gasteiger partial charge >= 0.3 is 0 Å². The summed E-state index contributed by atoms with van der Waals surface area (Å²) in [5.41, 5.74) is 3.20. The number of amidine groups is 1. The van der Waals surface area contributed by atoms with Crippen molar-refractivity contribution in [3.8, 4) is 17.2 Å². The molecule has 2 aromatic carbocycles. The quantitative estimate of drug-likeness (QED) is 0.721. The average Bonchev–Trinajstić information content (AvgIpc) is 3.33. The zero-order valence-corrected chi connectivity index (χ0v) is 16.4. The molecular weight excluding hydrogens is 374 g/mol. The number of aliphatic imine (C=N–C) groups is 1. The van der Waals surface area contributed by atoms with Gasteiger partial charge < -0.3 is 24.0 Å². The van der Waals surface area contributed by atoms with Gasteiger partial charge in [-0.05, 0) is 18.2 Å². The van der Waals surface area contributed by atoms with Crippen LogP contribution in [-0.2, 0) is 0 Å². The average molecular weight is 395 g/mol. The van der Waals surface area contributed by atoms with Crippen LogP contribution in [0.4, 0.5) is 5.69 Å². The molecule has 0 amide bonds. The van der Waals surface area contributed by atoms with Crippen LogP contribution < -0.4 is 19.1 Å². The molecule has 144 valence electrons. The molecule has 0 atom stereocenters. The Hall–Kier alpha value is -2.80. The number of anilines is 1. The molecule has 0 saturated heterocycles. The number of thioether (sulfide) groups is 1. The number of fused-ring (bicyclic) bond motifs is 2. The SMILES string of the molecule is CN1CCOc2c(C3=CSC4=NCCN34)cc(OCOc3ccccc3)cc21. The Morgan fingerprint density at radius 2 is 1.96 bits per heavy atom. The minimum atomic E-state index is 0.150. The summed E-state index contributed by atoms with van der Waals surface area (Å²) in [4.78, 5) is 9.01. The maximum Gasteiger partial charge on any atom is 0.230 e. The summed E-state index contributed by atoms with van der Waals surface area (Å²) < 4.78 is 17.7. The number of hydrogen-bond acceptors (Lipinski definition) is 7. The van der Waals surface area contributed by atoms with Gasteiger partial charge in [-0.2, -0.15) is 0 Å². The van der Waals surface area contributed by atoms with E-state index >= 15 is 0 Å². The van der Waals surface area contributed by atoms with Crippen molar-refractivity contribution in [2.24, 2.45) is 4.99 Å². The van der Waals surface area contributed by atoms with Gasteiger partial charge in [0.15, 0.2) is 10.9 Å². The van der Waals surface area contributed by atoms with Crippen LogP contribution in [0.1, 0.15) is 5.56 Å². The van der Waals surface area contributed by atoms with E-state index in [1.807, 2.05) is 42.5 Å². The Labute approximate surface area is 168 Å². The maximum absolute atomic E-state index is 6.07. The normalized spacial score (nSPS) is 17.5. The van der Waals surface area contributed by atoms with Gasteiger partial charge in [-0.3, -0.25) is 4.99 Å². The fraction of sp³-hybridized carbons (Fsp3) is 0.286. The van der Waals surface area contributed by atoms with E-state index in [9.17, 15) is 0 Å². The second-order valence-electron chi connectivity index (χ2n) is 6.75. The molecule has 3 aliphatic heterocycles. The molecule has 0 aromatic heterocycles. The summed E-state index contributed by atoms with van der Waals surface area (Å²) in [5, 5.41) is 3.21. The molecule has 2 aromatic rings. The van der Waals surface area contributed by atoms with E-state index in [1.165, 1.54) is 0 Å². The molecule has 3 aliphatic rings. The summed E-state index contributed by atoms with van der Waals surface area (Å²) in [7, 11) is 2.08.